The van der Waals surface area contributed by atoms with Crippen LogP contribution in [0.25, 0.3) is 16.7 Å². The molecule has 21 heavy (non-hydrogen) atoms. The van der Waals surface area contributed by atoms with Crippen LogP contribution in [0.15, 0.2) is 66.8 Å². The molecule has 0 nitrogen and oxygen atoms in total. The first-order valence-electron chi connectivity index (χ1n) is 7.83. The third kappa shape index (κ3) is 2.85. The van der Waals surface area contributed by atoms with Crippen molar-refractivity contribution in [3.8, 4) is 11.1 Å². The molecule has 0 aliphatic heterocycles. The molecule has 1 aliphatic carbocycles. The van der Waals surface area contributed by atoms with Gasteiger partial charge in [-0.05, 0) is 46.6 Å². The average molecular weight is 274 g/mol. The topological polar surface area (TPSA) is 0 Å². The van der Waals surface area contributed by atoms with E-state index in [1.807, 2.05) is 0 Å². The molecule has 0 aromatic heterocycles. The van der Waals surface area contributed by atoms with Crippen LogP contribution in [0.1, 0.15) is 43.7 Å². The van der Waals surface area contributed by atoms with Crippen LogP contribution in [0, 0.1) is 0 Å². The first-order chi connectivity index (χ1) is 10.3. The predicted octanol–water partition coefficient (Wildman–Crippen LogP) is 6.21. The maximum Gasteiger partial charge on any atom is -0.0143 e. The number of hydrogen-bond donors (Lipinski definition) is 0. The summed E-state index contributed by atoms with van der Waals surface area (Å²) in [7, 11) is 0. The Morgan fingerprint density at radius 2 is 1.57 bits per heavy atom. The minimum absolute atomic E-state index is 0.507. The van der Waals surface area contributed by atoms with Gasteiger partial charge < -0.3 is 0 Å². The molecule has 0 bridgehead atoms. The monoisotopic (exact) mass is 274 g/mol. The fraction of sp³-hybridized carbons (Fsp3) is 0.238. The zero-order chi connectivity index (χ0) is 14.7. The molecule has 0 N–H and O–H groups in total. The highest BCUT2D eigenvalue weighted by molar-refractivity contribution is 5.82. The highest BCUT2D eigenvalue weighted by Crippen LogP contribution is 2.36. The summed E-state index contributed by atoms with van der Waals surface area (Å²) in [5, 5.41) is 0. The van der Waals surface area contributed by atoms with Crippen molar-refractivity contribution in [2.45, 2.75) is 32.6 Å². The Kier molecular flexibility index (Phi) is 4.06. The van der Waals surface area contributed by atoms with E-state index in [9.17, 15) is 0 Å². The standard InChI is InChI=1S/C21H22/c1-16(2)21-19(17-10-5-3-6-11-17)14-9-15-20(21)18-12-7-4-8-13-18/h3,5-7,9-16H,4,8H2,1-2H3. The smallest absolute Gasteiger partial charge is 0.0143 e. The Morgan fingerprint density at radius 1 is 0.810 bits per heavy atom. The van der Waals surface area contributed by atoms with E-state index in [0.29, 0.717) is 5.92 Å². The maximum absolute atomic E-state index is 2.37. The van der Waals surface area contributed by atoms with E-state index in [2.05, 4.69) is 80.6 Å². The SMILES string of the molecule is CC(C)c1c(C2=CCCC=C2)cccc1-c1ccccc1. The second-order valence-corrected chi connectivity index (χ2v) is 5.93. The Bertz CT molecular complexity index is 672. The molecule has 0 saturated carbocycles. The second-order valence-electron chi connectivity index (χ2n) is 5.93. The van der Waals surface area contributed by atoms with Crippen molar-refractivity contribution in [2.24, 2.45) is 0 Å². The summed E-state index contributed by atoms with van der Waals surface area (Å²) >= 11 is 0. The molecule has 0 saturated heterocycles. The minimum Gasteiger partial charge on any atom is -0.0836 e. The van der Waals surface area contributed by atoms with Crippen LogP contribution in [0.3, 0.4) is 0 Å². The highest BCUT2D eigenvalue weighted by atomic mass is 14.2. The van der Waals surface area contributed by atoms with Gasteiger partial charge in [-0.3, -0.25) is 0 Å². The lowest BCUT2D eigenvalue weighted by Gasteiger charge is -2.20. The lowest BCUT2D eigenvalue weighted by Crippen LogP contribution is -1.99. The van der Waals surface area contributed by atoms with E-state index in [4.69, 9.17) is 0 Å². The molecular formula is C21H22. The predicted molar refractivity (Wildman–Crippen MR) is 92.3 cm³/mol. The van der Waals surface area contributed by atoms with Crippen LogP contribution >= 0.6 is 0 Å². The van der Waals surface area contributed by atoms with Crippen LogP contribution in [0.4, 0.5) is 0 Å². The first kappa shape index (κ1) is 13.9. The van der Waals surface area contributed by atoms with E-state index < -0.39 is 0 Å². The molecule has 0 radical (unpaired) electrons. The van der Waals surface area contributed by atoms with Gasteiger partial charge in [0.15, 0.2) is 0 Å². The lowest BCUT2D eigenvalue weighted by atomic mass is 9.84. The van der Waals surface area contributed by atoms with Crippen molar-refractivity contribution in [3.63, 3.8) is 0 Å². The summed E-state index contributed by atoms with van der Waals surface area (Å²) in [6.07, 6.45) is 9.25. The molecule has 0 fully saturated rings. The molecule has 0 amide bonds. The van der Waals surface area contributed by atoms with Crippen molar-refractivity contribution in [1.29, 1.82) is 0 Å². The molecule has 0 heteroatoms. The van der Waals surface area contributed by atoms with Crippen molar-refractivity contribution in [3.05, 3.63) is 77.9 Å². The van der Waals surface area contributed by atoms with Crippen LogP contribution in [0.5, 0.6) is 0 Å². The van der Waals surface area contributed by atoms with Gasteiger partial charge in [0.25, 0.3) is 0 Å². The van der Waals surface area contributed by atoms with Gasteiger partial charge in [0, 0.05) is 0 Å². The van der Waals surface area contributed by atoms with E-state index in [1.54, 1.807) is 0 Å². The van der Waals surface area contributed by atoms with Gasteiger partial charge in [0.2, 0.25) is 0 Å². The van der Waals surface area contributed by atoms with Crippen LogP contribution in [0.2, 0.25) is 0 Å². The molecule has 0 atom stereocenters. The number of allylic oxidation sites excluding steroid dienone is 4. The number of rotatable bonds is 3. The summed E-state index contributed by atoms with van der Waals surface area (Å²) in [6.45, 7) is 4.58. The van der Waals surface area contributed by atoms with Crippen LogP contribution < -0.4 is 0 Å². The van der Waals surface area contributed by atoms with Gasteiger partial charge in [-0.15, -0.1) is 0 Å². The second kappa shape index (κ2) is 6.13. The molecule has 2 aromatic carbocycles. The minimum atomic E-state index is 0.507. The zero-order valence-corrected chi connectivity index (χ0v) is 12.8. The third-order valence-electron chi connectivity index (χ3n) is 4.07. The molecule has 1 aliphatic rings. The zero-order valence-electron chi connectivity index (χ0n) is 12.8. The van der Waals surface area contributed by atoms with Gasteiger partial charge in [0.05, 0.1) is 0 Å². The molecule has 0 unspecified atom stereocenters. The number of benzene rings is 2. The normalized spacial score (nSPS) is 14.3. The van der Waals surface area contributed by atoms with Crippen molar-refractivity contribution >= 4 is 5.57 Å². The average Bonchev–Trinajstić information content (AvgIpc) is 2.55. The summed E-state index contributed by atoms with van der Waals surface area (Å²) in [5.74, 6) is 0.507. The van der Waals surface area contributed by atoms with Crippen molar-refractivity contribution < 1.29 is 0 Å². The van der Waals surface area contributed by atoms with E-state index in [1.165, 1.54) is 34.2 Å². The summed E-state index contributed by atoms with van der Waals surface area (Å²) in [5.41, 5.74) is 6.90. The van der Waals surface area contributed by atoms with Crippen molar-refractivity contribution in [2.75, 3.05) is 0 Å². The molecule has 106 valence electrons. The lowest BCUT2D eigenvalue weighted by molar-refractivity contribution is 0.865. The van der Waals surface area contributed by atoms with Crippen molar-refractivity contribution in [1.82, 2.24) is 0 Å². The molecule has 0 spiro atoms. The van der Waals surface area contributed by atoms with E-state index in [0.717, 1.165) is 6.42 Å². The fourth-order valence-corrected chi connectivity index (χ4v) is 3.12. The molecule has 2 aromatic rings. The van der Waals surface area contributed by atoms with E-state index >= 15 is 0 Å². The molecule has 0 heterocycles. The summed E-state index contributed by atoms with van der Waals surface area (Å²) in [6, 6.07) is 17.4. The molecular weight excluding hydrogens is 252 g/mol. The van der Waals surface area contributed by atoms with Crippen LogP contribution in [-0.2, 0) is 0 Å². The Hall–Kier alpha value is -2.08. The number of hydrogen-bond acceptors (Lipinski definition) is 0. The summed E-state index contributed by atoms with van der Waals surface area (Å²) < 4.78 is 0. The Morgan fingerprint density at radius 3 is 2.24 bits per heavy atom. The van der Waals surface area contributed by atoms with Gasteiger partial charge >= 0.3 is 0 Å². The fourth-order valence-electron chi connectivity index (χ4n) is 3.12. The van der Waals surface area contributed by atoms with Gasteiger partial charge in [-0.25, -0.2) is 0 Å². The van der Waals surface area contributed by atoms with E-state index in [-0.39, 0.29) is 0 Å². The quantitative estimate of drug-likeness (QED) is 0.624. The third-order valence-corrected chi connectivity index (χ3v) is 4.07. The summed E-state index contributed by atoms with van der Waals surface area (Å²) in [4.78, 5) is 0. The van der Waals surface area contributed by atoms with Gasteiger partial charge in [-0.1, -0.05) is 80.6 Å². The molecule has 3 rings (SSSR count). The Balaban J connectivity index is 2.18. The highest BCUT2D eigenvalue weighted by Gasteiger charge is 2.15. The Labute approximate surface area is 127 Å². The largest absolute Gasteiger partial charge is 0.0836 e. The first-order valence-corrected chi connectivity index (χ1v) is 7.83. The van der Waals surface area contributed by atoms with Gasteiger partial charge in [0.1, 0.15) is 0 Å². The maximum atomic E-state index is 2.37. The van der Waals surface area contributed by atoms with Gasteiger partial charge in [-0.2, -0.15) is 0 Å². The van der Waals surface area contributed by atoms with Crippen LogP contribution in [-0.4, -0.2) is 0 Å².